The van der Waals surface area contributed by atoms with Crippen LogP contribution in [0.3, 0.4) is 0 Å². The largest absolute Gasteiger partial charge is 0.496 e. The van der Waals surface area contributed by atoms with Gasteiger partial charge in [-0.1, -0.05) is 38.5 Å². The number of hydrogen-bond acceptors (Lipinski definition) is 2. The molecule has 90 valence electrons. The third-order valence-electron chi connectivity index (χ3n) is 3.22. The topological polar surface area (TPSA) is 35.2 Å². The Balaban J connectivity index is 3.05. The van der Waals surface area contributed by atoms with Crippen molar-refractivity contribution in [3.63, 3.8) is 0 Å². The molecule has 0 heterocycles. The van der Waals surface area contributed by atoms with E-state index in [2.05, 4.69) is 39.8 Å². The second-order valence-electron chi connectivity index (χ2n) is 4.86. The Kier molecular flexibility index (Phi) is 4.36. The van der Waals surface area contributed by atoms with Gasteiger partial charge in [0.2, 0.25) is 0 Å². The third kappa shape index (κ3) is 2.76. The molecule has 0 saturated heterocycles. The van der Waals surface area contributed by atoms with Gasteiger partial charge in [0.15, 0.2) is 0 Å². The molecular weight excluding hydrogens is 198 g/mol. The minimum absolute atomic E-state index is 0.163. The molecule has 2 N–H and O–H groups in total. The van der Waals surface area contributed by atoms with Crippen molar-refractivity contribution in [2.45, 2.75) is 39.7 Å². The van der Waals surface area contributed by atoms with Gasteiger partial charge in [-0.05, 0) is 24.5 Å². The van der Waals surface area contributed by atoms with Gasteiger partial charge < -0.3 is 10.5 Å². The lowest BCUT2D eigenvalue weighted by Crippen LogP contribution is -2.32. The minimum Gasteiger partial charge on any atom is -0.496 e. The van der Waals surface area contributed by atoms with Crippen LogP contribution in [-0.2, 0) is 0 Å². The van der Waals surface area contributed by atoms with Crippen LogP contribution in [0.15, 0.2) is 18.2 Å². The summed E-state index contributed by atoms with van der Waals surface area (Å²) < 4.78 is 5.40. The van der Waals surface area contributed by atoms with E-state index in [4.69, 9.17) is 10.5 Å². The Hall–Kier alpha value is -1.02. The Morgan fingerprint density at radius 3 is 2.31 bits per heavy atom. The van der Waals surface area contributed by atoms with Crippen molar-refractivity contribution in [1.82, 2.24) is 0 Å². The summed E-state index contributed by atoms with van der Waals surface area (Å²) >= 11 is 0. The first-order chi connectivity index (χ1) is 7.47. The fraction of sp³-hybridized carbons (Fsp3) is 0.571. The molecule has 0 saturated carbocycles. The van der Waals surface area contributed by atoms with Crippen LogP contribution in [-0.4, -0.2) is 13.2 Å². The van der Waals surface area contributed by atoms with E-state index in [9.17, 15) is 0 Å². The summed E-state index contributed by atoms with van der Waals surface area (Å²) in [6, 6.07) is 6.42. The molecule has 0 fully saturated rings. The molecule has 0 amide bonds. The lowest BCUT2D eigenvalue weighted by atomic mass is 9.86. The van der Waals surface area contributed by atoms with Crippen molar-refractivity contribution >= 4 is 0 Å². The van der Waals surface area contributed by atoms with Gasteiger partial charge in [0.05, 0.1) is 7.11 Å². The molecule has 0 aromatic heterocycles. The van der Waals surface area contributed by atoms with Crippen molar-refractivity contribution in [3.8, 4) is 5.75 Å². The van der Waals surface area contributed by atoms with Crippen molar-refractivity contribution in [1.29, 1.82) is 0 Å². The SMILES string of the molecule is COc1ccc(C)cc1C(C)C(N)C(C)C. The lowest BCUT2D eigenvalue weighted by Gasteiger charge is -2.25. The summed E-state index contributed by atoms with van der Waals surface area (Å²) in [7, 11) is 1.71. The van der Waals surface area contributed by atoms with Crippen LogP contribution >= 0.6 is 0 Å². The molecule has 1 aromatic rings. The van der Waals surface area contributed by atoms with Gasteiger partial charge in [0.1, 0.15) is 5.75 Å². The summed E-state index contributed by atoms with van der Waals surface area (Å²) in [6.45, 7) is 8.57. The molecule has 0 aliphatic rings. The molecule has 2 heteroatoms. The molecule has 0 aliphatic carbocycles. The predicted octanol–water partition coefficient (Wildman–Crippen LogP) is 3.09. The zero-order valence-corrected chi connectivity index (χ0v) is 10.9. The smallest absolute Gasteiger partial charge is 0.122 e. The first-order valence-electron chi connectivity index (χ1n) is 5.87. The van der Waals surface area contributed by atoms with Crippen molar-refractivity contribution < 1.29 is 4.74 Å². The van der Waals surface area contributed by atoms with E-state index < -0.39 is 0 Å². The Morgan fingerprint density at radius 2 is 1.81 bits per heavy atom. The predicted molar refractivity (Wildman–Crippen MR) is 69.0 cm³/mol. The summed E-state index contributed by atoms with van der Waals surface area (Å²) in [5.74, 6) is 1.73. The lowest BCUT2D eigenvalue weighted by molar-refractivity contribution is 0.387. The zero-order valence-electron chi connectivity index (χ0n) is 10.9. The number of ether oxygens (including phenoxy) is 1. The highest BCUT2D eigenvalue weighted by Gasteiger charge is 2.21. The summed E-state index contributed by atoms with van der Waals surface area (Å²) in [6.07, 6.45) is 0. The standard InChI is InChI=1S/C14H23NO/c1-9(2)14(15)11(4)12-8-10(3)6-7-13(12)16-5/h6-9,11,14H,15H2,1-5H3. The third-order valence-corrected chi connectivity index (χ3v) is 3.22. The van der Waals surface area contributed by atoms with E-state index in [-0.39, 0.29) is 6.04 Å². The van der Waals surface area contributed by atoms with Crippen LogP contribution in [0.2, 0.25) is 0 Å². The summed E-state index contributed by atoms with van der Waals surface area (Å²) in [5.41, 5.74) is 8.67. The highest BCUT2D eigenvalue weighted by atomic mass is 16.5. The number of aryl methyl sites for hydroxylation is 1. The van der Waals surface area contributed by atoms with E-state index in [0.29, 0.717) is 11.8 Å². The average molecular weight is 221 g/mol. The average Bonchev–Trinajstić information content (AvgIpc) is 2.26. The van der Waals surface area contributed by atoms with Gasteiger partial charge in [-0.15, -0.1) is 0 Å². The van der Waals surface area contributed by atoms with Crippen LogP contribution < -0.4 is 10.5 Å². The molecule has 0 spiro atoms. The number of rotatable bonds is 4. The fourth-order valence-corrected chi connectivity index (χ4v) is 1.99. The molecule has 2 nitrogen and oxygen atoms in total. The Bertz CT molecular complexity index is 347. The van der Waals surface area contributed by atoms with E-state index >= 15 is 0 Å². The van der Waals surface area contributed by atoms with Crippen LogP contribution in [0.4, 0.5) is 0 Å². The zero-order chi connectivity index (χ0) is 12.3. The number of benzene rings is 1. The second kappa shape index (κ2) is 5.35. The molecule has 2 unspecified atom stereocenters. The molecule has 0 aliphatic heterocycles. The molecule has 0 radical (unpaired) electrons. The Morgan fingerprint density at radius 1 is 1.19 bits per heavy atom. The second-order valence-corrected chi connectivity index (χ2v) is 4.86. The highest BCUT2D eigenvalue weighted by Crippen LogP contribution is 2.31. The highest BCUT2D eigenvalue weighted by molar-refractivity contribution is 5.39. The van der Waals surface area contributed by atoms with Gasteiger partial charge in [0.25, 0.3) is 0 Å². The molecular formula is C14H23NO. The van der Waals surface area contributed by atoms with Crippen LogP contribution in [0, 0.1) is 12.8 Å². The normalized spacial score (nSPS) is 14.9. The van der Waals surface area contributed by atoms with Gasteiger partial charge in [0, 0.05) is 12.0 Å². The van der Waals surface area contributed by atoms with Crippen LogP contribution in [0.25, 0.3) is 0 Å². The van der Waals surface area contributed by atoms with E-state index in [1.165, 1.54) is 11.1 Å². The number of methoxy groups -OCH3 is 1. The quantitative estimate of drug-likeness (QED) is 0.848. The van der Waals surface area contributed by atoms with Crippen LogP contribution in [0.5, 0.6) is 5.75 Å². The van der Waals surface area contributed by atoms with Gasteiger partial charge in [-0.25, -0.2) is 0 Å². The van der Waals surface area contributed by atoms with Crippen molar-refractivity contribution in [2.24, 2.45) is 11.7 Å². The van der Waals surface area contributed by atoms with Crippen molar-refractivity contribution in [2.75, 3.05) is 7.11 Å². The van der Waals surface area contributed by atoms with Crippen molar-refractivity contribution in [3.05, 3.63) is 29.3 Å². The van der Waals surface area contributed by atoms with Gasteiger partial charge >= 0.3 is 0 Å². The Labute approximate surface area is 98.8 Å². The maximum atomic E-state index is 6.21. The molecule has 0 bridgehead atoms. The van der Waals surface area contributed by atoms with Gasteiger partial charge in [-0.2, -0.15) is 0 Å². The molecule has 1 rings (SSSR count). The fourth-order valence-electron chi connectivity index (χ4n) is 1.99. The van der Waals surface area contributed by atoms with E-state index in [1.807, 2.05) is 6.07 Å². The monoisotopic (exact) mass is 221 g/mol. The molecule has 2 atom stereocenters. The molecule has 16 heavy (non-hydrogen) atoms. The first kappa shape index (κ1) is 13.0. The first-order valence-corrected chi connectivity index (χ1v) is 5.87. The van der Waals surface area contributed by atoms with Gasteiger partial charge in [-0.3, -0.25) is 0 Å². The maximum absolute atomic E-state index is 6.21. The summed E-state index contributed by atoms with van der Waals surface area (Å²) in [5, 5.41) is 0. The molecule has 1 aromatic carbocycles. The minimum atomic E-state index is 0.163. The summed E-state index contributed by atoms with van der Waals surface area (Å²) in [4.78, 5) is 0. The van der Waals surface area contributed by atoms with Crippen LogP contribution in [0.1, 0.15) is 37.8 Å². The maximum Gasteiger partial charge on any atom is 0.122 e. The van der Waals surface area contributed by atoms with E-state index in [0.717, 1.165) is 5.75 Å². The van der Waals surface area contributed by atoms with E-state index in [1.54, 1.807) is 7.11 Å². The number of nitrogens with two attached hydrogens (primary N) is 1. The number of hydrogen-bond donors (Lipinski definition) is 1.